The molecule has 0 aliphatic heterocycles. The molecule has 0 radical (unpaired) electrons. The third-order valence-corrected chi connectivity index (χ3v) is 5.25. The molecule has 190 valence electrons. The van der Waals surface area contributed by atoms with Gasteiger partial charge in [-0.05, 0) is 50.5 Å². The molecular formula is C27H32N4O5. The highest BCUT2D eigenvalue weighted by Crippen LogP contribution is 2.18. The number of hydrogen-bond donors (Lipinski definition) is 2. The topological polar surface area (TPSA) is 114 Å². The molecule has 0 bridgehead atoms. The molecule has 36 heavy (non-hydrogen) atoms. The fourth-order valence-electron chi connectivity index (χ4n) is 3.45. The Balaban J connectivity index is 1.60. The number of carbonyl (C=O) groups excluding carboxylic acids is 2. The summed E-state index contributed by atoms with van der Waals surface area (Å²) >= 11 is 0. The Morgan fingerprint density at radius 3 is 2.44 bits per heavy atom. The van der Waals surface area contributed by atoms with Crippen LogP contribution in [0.5, 0.6) is 0 Å². The van der Waals surface area contributed by atoms with E-state index >= 15 is 0 Å². The molecule has 9 nitrogen and oxygen atoms in total. The molecule has 1 atom stereocenters. The molecule has 0 spiro atoms. The lowest BCUT2D eigenvalue weighted by molar-refractivity contribution is -0.116. The van der Waals surface area contributed by atoms with E-state index in [0.717, 1.165) is 17.3 Å². The molecule has 0 saturated carbocycles. The van der Waals surface area contributed by atoms with Gasteiger partial charge in [-0.3, -0.25) is 14.6 Å². The molecule has 2 aromatic carbocycles. The molecule has 0 aliphatic rings. The number of anilines is 1. The molecule has 0 fully saturated rings. The monoisotopic (exact) mass is 492 g/mol. The van der Waals surface area contributed by atoms with Crippen LogP contribution in [0.3, 0.4) is 0 Å². The molecule has 3 rings (SSSR count). The van der Waals surface area contributed by atoms with Crippen molar-refractivity contribution in [2.24, 2.45) is 0 Å². The normalized spacial score (nSPS) is 12.0. The van der Waals surface area contributed by atoms with Gasteiger partial charge in [0.2, 0.25) is 5.91 Å². The number of nitrogens with zero attached hydrogens (tertiary/aromatic N) is 3. The van der Waals surface area contributed by atoms with Crippen molar-refractivity contribution in [1.29, 1.82) is 0 Å². The number of amides is 2. The van der Waals surface area contributed by atoms with E-state index in [1.807, 2.05) is 42.5 Å². The number of aliphatic hydroxyl groups excluding tert-OH is 1. The van der Waals surface area contributed by atoms with Crippen molar-refractivity contribution in [1.82, 2.24) is 14.5 Å². The summed E-state index contributed by atoms with van der Waals surface area (Å²) < 4.78 is 6.82. The first-order valence-electron chi connectivity index (χ1n) is 11.7. The maximum Gasteiger partial charge on any atom is 0.410 e. The lowest BCUT2D eigenvalue weighted by Gasteiger charge is -2.29. The lowest BCUT2D eigenvalue weighted by Crippen LogP contribution is -2.40. The Hall–Kier alpha value is -3.98. The van der Waals surface area contributed by atoms with Crippen LogP contribution in [0.1, 0.15) is 38.0 Å². The minimum atomic E-state index is -0.843. The summed E-state index contributed by atoms with van der Waals surface area (Å²) in [5.74, 6) is -0.331. The van der Waals surface area contributed by atoms with Gasteiger partial charge in [0.05, 0.1) is 18.8 Å². The third-order valence-electron chi connectivity index (χ3n) is 5.25. The van der Waals surface area contributed by atoms with Gasteiger partial charge in [-0.15, -0.1) is 0 Å². The van der Waals surface area contributed by atoms with Crippen LogP contribution < -0.4 is 10.9 Å². The molecule has 0 unspecified atom stereocenters. The second kappa shape index (κ2) is 12.1. The first kappa shape index (κ1) is 26.6. The Labute approximate surface area is 210 Å². The lowest BCUT2D eigenvalue weighted by atomic mass is 10.1. The maximum absolute atomic E-state index is 12.8. The van der Waals surface area contributed by atoms with Crippen LogP contribution in [-0.2, 0) is 22.5 Å². The average molecular weight is 493 g/mol. The Bertz CT molecular complexity index is 1200. The van der Waals surface area contributed by atoms with Gasteiger partial charge in [0.25, 0.3) is 5.56 Å². The molecule has 9 heteroatoms. The number of nitrogens with one attached hydrogen (secondary N) is 1. The highest BCUT2D eigenvalue weighted by molar-refractivity contribution is 5.90. The van der Waals surface area contributed by atoms with E-state index in [9.17, 15) is 19.5 Å². The maximum atomic E-state index is 12.8. The van der Waals surface area contributed by atoms with E-state index in [1.54, 1.807) is 32.9 Å². The smallest absolute Gasteiger partial charge is 0.410 e. The van der Waals surface area contributed by atoms with Crippen molar-refractivity contribution in [3.63, 3.8) is 0 Å². The quantitative estimate of drug-likeness (QED) is 0.473. The zero-order chi connectivity index (χ0) is 26.1. The molecule has 0 aliphatic carbocycles. The van der Waals surface area contributed by atoms with Crippen LogP contribution in [0, 0.1) is 0 Å². The van der Waals surface area contributed by atoms with Crippen LogP contribution in [0.25, 0.3) is 0 Å². The Kier molecular flexibility index (Phi) is 8.97. The Morgan fingerprint density at radius 2 is 1.81 bits per heavy atom. The third kappa shape index (κ3) is 8.35. The van der Waals surface area contributed by atoms with E-state index in [1.165, 1.54) is 21.9 Å². The van der Waals surface area contributed by atoms with E-state index < -0.39 is 17.8 Å². The largest absolute Gasteiger partial charge is 0.444 e. The number of benzene rings is 2. The molecule has 1 heterocycles. The molecule has 3 aromatic rings. The summed E-state index contributed by atoms with van der Waals surface area (Å²) in [5, 5.41) is 13.4. The van der Waals surface area contributed by atoms with Gasteiger partial charge in [0, 0.05) is 24.6 Å². The molecular weight excluding hydrogens is 460 g/mol. The summed E-state index contributed by atoms with van der Waals surface area (Å²) in [4.78, 5) is 42.0. The molecule has 2 N–H and O–H groups in total. The summed E-state index contributed by atoms with van der Waals surface area (Å²) in [6.45, 7) is 5.73. The number of rotatable bonds is 9. The highest BCUT2D eigenvalue weighted by Gasteiger charge is 2.24. The number of aromatic nitrogens is 2. The van der Waals surface area contributed by atoms with E-state index in [4.69, 9.17) is 4.74 Å². The van der Waals surface area contributed by atoms with Gasteiger partial charge in [-0.1, -0.05) is 42.5 Å². The van der Waals surface area contributed by atoms with Crippen molar-refractivity contribution in [2.75, 3.05) is 18.4 Å². The van der Waals surface area contributed by atoms with E-state index in [-0.39, 0.29) is 24.6 Å². The molecule has 2 amide bonds. The van der Waals surface area contributed by atoms with Gasteiger partial charge in [0.1, 0.15) is 12.1 Å². The van der Waals surface area contributed by atoms with Crippen molar-refractivity contribution in [2.45, 2.75) is 45.4 Å². The summed E-state index contributed by atoms with van der Waals surface area (Å²) in [6, 6.07) is 16.4. The number of ether oxygens (including phenoxy) is 1. The van der Waals surface area contributed by atoms with Crippen molar-refractivity contribution < 1.29 is 19.4 Å². The van der Waals surface area contributed by atoms with Crippen LogP contribution in [0.15, 0.2) is 78.0 Å². The first-order chi connectivity index (χ1) is 17.1. The molecule has 1 aromatic heterocycles. The standard InChI is InChI=1S/C27H32N4O5/c1-27(2,3)36-26(35)31(18-23(32)21-7-5-4-6-8-21)15-13-20-9-11-22(12-10-20)29-24(33)19-30-16-14-28-17-25(30)34/h4-12,14,16-17,23,32H,13,15,18-19H2,1-3H3,(H,29,33)/t23-/m0/s1. The van der Waals surface area contributed by atoms with Gasteiger partial charge >= 0.3 is 6.09 Å². The minimum absolute atomic E-state index is 0.0987. The predicted octanol–water partition coefficient (Wildman–Crippen LogP) is 3.40. The van der Waals surface area contributed by atoms with Gasteiger partial charge in [-0.25, -0.2) is 4.79 Å². The van der Waals surface area contributed by atoms with Gasteiger partial charge < -0.3 is 24.6 Å². The van der Waals surface area contributed by atoms with Crippen molar-refractivity contribution in [3.05, 3.63) is 94.7 Å². The van der Waals surface area contributed by atoms with Gasteiger partial charge in [0.15, 0.2) is 0 Å². The molecule has 0 saturated heterocycles. The number of hydrogen-bond acceptors (Lipinski definition) is 6. The first-order valence-corrected chi connectivity index (χ1v) is 11.7. The van der Waals surface area contributed by atoms with Gasteiger partial charge in [-0.2, -0.15) is 0 Å². The fraction of sp³-hybridized carbons (Fsp3) is 0.333. The number of carbonyl (C=O) groups is 2. The average Bonchev–Trinajstić information content (AvgIpc) is 2.83. The van der Waals surface area contributed by atoms with Crippen molar-refractivity contribution >= 4 is 17.7 Å². The number of aliphatic hydroxyl groups is 1. The van der Waals surface area contributed by atoms with E-state index in [0.29, 0.717) is 18.7 Å². The summed E-state index contributed by atoms with van der Waals surface area (Å²) in [7, 11) is 0. The summed E-state index contributed by atoms with van der Waals surface area (Å²) in [6.07, 6.45) is 3.25. The van der Waals surface area contributed by atoms with Crippen molar-refractivity contribution in [3.8, 4) is 0 Å². The Morgan fingerprint density at radius 1 is 1.11 bits per heavy atom. The summed E-state index contributed by atoms with van der Waals surface area (Å²) in [5.41, 5.74) is 1.25. The zero-order valence-corrected chi connectivity index (χ0v) is 20.8. The van der Waals surface area contributed by atoms with E-state index in [2.05, 4.69) is 10.3 Å². The van der Waals surface area contributed by atoms with Crippen LogP contribution in [0.2, 0.25) is 0 Å². The minimum Gasteiger partial charge on any atom is -0.444 e. The fourth-order valence-corrected chi connectivity index (χ4v) is 3.45. The predicted molar refractivity (Wildman–Crippen MR) is 136 cm³/mol. The SMILES string of the molecule is CC(C)(C)OC(=O)N(CCc1ccc(NC(=O)Cn2ccncc2=O)cc1)C[C@H](O)c1ccccc1. The highest BCUT2D eigenvalue weighted by atomic mass is 16.6. The van der Waals surface area contributed by atoms with Crippen LogP contribution in [-0.4, -0.2) is 50.2 Å². The second-order valence-electron chi connectivity index (χ2n) is 9.39. The van der Waals surface area contributed by atoms with Crippen LogP contribution >= 0.6 is 0 Å². The van der Waals surface area contributed by atoms with Crippen LogP contribution in [0.4, 0.5) is 10.5 Å². The second-order valence-corrected chi connectivity index (χ2v) is 9.39. The zero-order valence-electron chi connectivity index (χ0n) is 20.8.